The minimum Gasteiger partial charge on any atom is -0.317 e. The molecular formula is C15H17FN4OS. The fraction of sp³-hybridized carbons (Fsp3) is 0.400. The van der Waals surface area contributed by atoms with Gasteiger partial charge in [0, 0.05) is 6.42 Å². The van der Waals surface area contributed by atoms with Crippen molar-refractivity contribution in [3.05, 3.63) is 40.7 Å². The van der Waals surface area contributed by atoms with Gasteiger partial charge < -0.3 is 5.73 Å². The quantitative estimate of drug-likeness (QED) is 0.907. The minimum absolute atomic E-state index is 0.210. The molecule has 7 heteroatoms. The molecule has 2 aromatic rings. The number of rotatable bonds is 4. The van der Waals surface area contributed by atoms with Gasteiger partial charge in [-0.2, -0.15) is 0 Å². The fourth-order valence-electron chi connectivity index (χ4n) is 2.63. The summed E-state index contributed by atoms with van der Waals surface area (Å²) in [6.07, 6.45) is 3.69. The number of amides is 1. The van der Waals surface area contributed by atoms with Crippen LogP contribution < -0.4 is 11.1 Å². The third-order valence-corrected chi connectivity index (χ3v) is 4.77. The van der Waals surface area contributed by atoms with Crippen molar-refractivity contribution in [3.63, 3.8) is 0 Å². The number of hydrogen-bond acceptors (Lipinski definition) is 5. The van der Waals surface area contributed by atoms with Gasteiger partial charge in [-0.25, -0.2) is 4.39 Å². The summed E-state index contributed by atoms with van der Waals surface area (Å²) in [7, 11) is 0. The highest BCUT2D eigenvalue weighted by molar-refractivity contribution is 7.15. The van der Waals surface area contributed by atoms with Gasteiger partial charge in [0.15, 0.2) is 0 Å². The van der Waals surface area contributed by atoms with Crippen molar-refractivity contribution in [2.75, 3.05) is 5.32 Å². The zero-order valence-corrected chi connectivity index (χ0v) is 12.8. The van der Waals surface area contributed by atoms with Crippen LogP contribution in [0.3, 0.4) is 0 Å². The van der Waals surface area contributed by atoms with Gasteiger partial charge in [-0.1, -0.05) is 42.4 Å². The number of aromatic nitrogens is 2. The molecule has 3 rings (SSSR count). The molecule has 1 heterocycles. The van der Waals surface area contributed by atoms with Crippen LogP contribution in [0.25, 0.3) is 0 Å². The molecule has 0 saturated heterocycles. The van der Waals surface area contributed by atoms with Crippen LogP contribution >= 0.6 is 11.3 Å². The Bertz CT molecular complexity index is 682. The van der Waals surface area contributed by atoms with Crippen LogP contribution in [0.1, 0.15) is 36.3 Å². The molecule has 116 valence electrons. The minimum atomic E-state index is -0.794. The first-order chi connectivity index (χ1) is 10.6. The van der Waals surface area contributed by atoms with E-state index in [0.717, 1.165) is 12.8 Å². The highest BCUT2D eigenvalue weighted by Gasteiger charge is 2.37. The summed E-state index contributed by atoms with van der Waals surface area (Å²) in [6, 6.07) is 6.55. The Labute approximate surface area is 131 Å². The number of hydrogen-bond donors (Lipinski definition) is 2. The molecule has 1 aliphatic rings. The van der Waals surface area contributed by atoms with Crippen LogP contribution in [-0.4, -0.2) is 21.6 Å². The number of carbonyl (C=O) groups is 1. The lowest BCUT2D eigenvalue weighted by Gasteiger charge is -2.20. The summed E-state index contributed by atoms with van der Waals surface area (Å²) < 4.78 is 13.6. The van der Waals surface area contributed by atoms with Gasteiger partial charge in [0.1, 0.15) is 10.8 Å². The molecule has 0 bridgehead atoms. The molecule has 5 nitrogen and oxygen atoms in total. The maximum absolute atomic E-state index is 13.6. The second-order valence-electron chi connectivity index (χ2n) is 5.59. The lowest BCUT2D eigenvalue weighted by molar-refractivity contribution is -0.121. The molecule has 0 unspecified atom stereocenters. The molecule has 1 aromatic heterocycles. The van der Waals surface area contributed by atoms with Crippen molar-refractivity contribution in [3.8, 4) is 0 Å². The molecule has 1 amide bonds. The summed E-state index contributed by atoms with van der Waals surface area (Å²) in [4.78, 5) is 12.2. The van der Waals surface area contributed by atoms with Gasteiger partial charge in [-0.3, -0.25) is 10.1 Å². The zero-order chi connectivity index (χ0) is 15.6. The second kappa shape index (κ2) is 6.10. The lowest BCUT2D eigenvalue weighted by Crippen LogP contribution is -2.48. The first-order valence-electron chi connectivity index (χ1n) is 7.23. The first kappa shape index (κ1) is 15.1. The largest absolute Gasteiger partial charge is 0.317 e. The highest BCUT2D eigenvalue weighted by atomic mass is 32.1. The van der Waals surface area contributed by atoms with Crippen molar-refractivity contribution in [2.24, 2.45) is 5.73 Å². The number of carbonyl (C=O) groups excluding carboxylic acids is 1. The van der Waals surface area contributed by atoms with Gasteiger partial charge in [0.25, 0.3) is 0 Å². The van der Waals surface area contributed by atoms with E-state index in [1.807, 2.05) is 0 Å². The molecule has 0 spiro atoms. The molecule has 1 fully saturated rings. The van der Waals surface area contributed by atoms with E-state index in [1.165, 1.54) is 17.4 Å². The number of halogens is 1. The van der Waals surface area contributed by atoms with Gasteiger partial charge in [0.05, 0.1) is 5.54 Å². The summed E-state index contributed by atoms with van der Waals surface area (Å²) in [5.74, 6) is -0.478. The Balaban J connectivity index is 1.66. The molecule has 0 radical (unpaired) electrons. The summed E-state index contributed by atoms with van der Waals surface area (Å²) in [5.41, 5.74) is 5.86. The van der Waals surface area contributed by atoms with Gasteiger partial charge in [0.2, 0.25) is 11.0 Å². The van der Waals surface area contributed by atoms with Gasteiger partial charge >= 0.3 is 0 Å². The van der Waals surface area contributed by atoms with Gasteiger partial charge in [-0.15, -0.1) is 10.2 Å². The normalized spacial score (nSPS) is 16.6. The smallest absolute Gasteiger partial charge is 0.246 e. The highest BCUT2D eigenvalue weighted by Crippen LogP contribution is 2.29. The monoisotopic (exact) mass is 320 g/mol. The van der Waals surface area contributed by atoms with Crippen LogP contribution in [-0.2, 0) is 11.2 Å². The fourth-order valence-corrected chi connectivity index (χ4v) is 3.39. The lowest BCUT2D eigenvalue weighted by atomic mass is 9.98. The molecule has 22 heavy (non-hydrogen) atoms. The topological polar surface area (TPSA) is 80.9 Å². The summed E-state index contributed by atoms with van der Waals surface area (Å²) in [6.45, 7) is 0. The molecule has 0 aliphatic heterocycles. The molecule has 3 N–H and O–H groups in total. The van der Waals surface area contributed by atoms with E-state index in [-0.39, 0.29) is 11.7 Å². The van der Waals surface area contributed by atoms with E-state index in [9.17, 15) is 9.18 Å². The number of anilines is 1. The Hall–Kier alpha value is -1.86. The average molecular weight is 320 g/mol. The number of nitrogens with one attached hydrogen (secondary N) is 1. The first-order valence-corrected chi connectivity index (χ1v) is 8.05. The van der Waals surface area contributed by atoms with Crippen molar-refractivity contribution >= 4 is 22.4 Å². The van der Waals surface area contributed by atoms with Gasteiger partial charge in [-0.05, 0) is 24.5 Å². The standard InChI is InChI=1S/C15H17FN4OS/c16-11-6-2-1-5-10(11)9-12-19-20-14(22-12)18-13(21)15(17)7-3-4-8-15/h1-2,5-6H,3-4,7-9,17H2,(H,18,20,21). The summed E-state index contributed by atoms with van der Waals surface area (Å²) in [5, 5.41) is 11.7. The summed E-state index contributed by atoms with van der Waals surface area (Å²) >= 11 is 1.25. The average Bonchev–Trinajstić information content (AvgIpc) is 3.12. The number of nitrogens with zero attached hydrogens (tertiary/aromatic N) is 2. The predicted molar refractivity (Wildman–Crippen MR) is 83.1 cm³/mol. The zero-order valence-electron chi connectivity index (χ0n) is 12.0. The number of benzene rings is 1. The predicted octanol–water partition coefficient (Wildman–Crippen LogP) is 2.48. The maximum atomic E-state index is 13.6. The molecular weight excluding hydrogens is 303 g/mol. The van der Waals surface area contributed by atoms with Crippen molar-refractivity contribution < 1.29 is 9.18 Å². The van der Waals surface area contributed by atoms with Crippen molar-refractivity contribution in [2.45, 2.75) is 37.6 Å². The molecule has 0 atom stereocenters. The van der Waals surface area contributed by atoms with Crippen molar-refractivity contribution in [1.82, 2.24) is 10.2 Å². The van der Waals surface area contributed by atoms with E-state index in [4.69, 9.17) is 5.73 Å². The van der Waals surface area contributed by atoms with E-state index in [2.05, 4.69) is 15.5 Å². The van der Waals surface area contributed by atoms with Crippen molar-refractivity contribution in [1.29, 1.82) is 0 Å². The maximum Gasteiger partial charge on any atom is 0.246 e. The Morgan fingerprint density at radius 2 is 2.05 bits per heavy atom. The Morgan fingerprint density at radius 1 is 1.32 bits per heavy atom. The van der Waals surface area contributed by atoms with E-state index in [0.29, 0.717) is 35.0 Å². The second-order valence-corrected chi connectivity index (χ2v) is 6.65. The third kappa shape index (κ3) is 3.15. The third-order valence-electron chi connectivity index (χ3n) is 3.93. The van der Waals surface area contributed by atoms with Crippen LogP contribution in [0.5, 0.6) is 0 Å². The molecule has 1 aliphatic carbocycles. The van der Waals surface area contributed by atoms with Crippen LogP contribution in [0.2, 0.25) is 0 Å². The Kier molecular flexibility index (Phi) is 4.17. The van der Waals surface area contributed by atoms with Crippen LogP contribution in [0.15, 0.2) is 24.3 Å². The SMILES string of the molecule is NC1(C(=O)Nc2nnc(Cc3ccccc3F)s2)CCCC1. The van der Waals surface area contributed by atoms with Crippen LogP contribution in [0.4, 0.5) is 9.52 Å². The Morgan fingerprint density at radius 3 is 2.77 bits per heavy atom. The van der Waals surface area contributed by atoms with Crippen LogP contribution in [0, 0.1) is 5.82 Å². The van der Waals surface area contributed by atoms with E-state index >= 15 is 0 Å². The number of nitrogens with two attached hydrogens (primary N) is 1. The van der Waals surface area contributed by atoms with E-state index in [1.54, 1.807) is 18.2 Å². The molecule has 1 aromatic carbocycles. The molecule has 1 saturated carbocycles. The van der Waals surface area contributed by atoms with E-state index < -0.39 is 5.54 Å².